The number of hydrogen-bond acceptors (Lipinski definition) is 2. The molecule has 0 saturated carbocycles. The third kappa shape index (κ3) is 5.95. The number of nitrogens with one attached hydrogen (secondary N) is 1. The summed E-state index contributed by atoms with van der Waals surface area (Å²) in [4.78, 5) is 2.55. The molecule has 1 N–H and O–H groups in total. The normalized spacial score (nSPS) is 15.5. The molecule has 0 spiro atoms. The van der Waals surface area contributed by atoms with Gasteiger partial charge in [0.05, 0.1) is 0 Å². The van der Waals surface area contributed by atoms with Crippen LogP contribution in [0.25, 0.3) is 0 Å². The highest BCUT2D eigenvalue weighted by atomic mass is 32.1. The second-order valence-electron chi connectivity index (χ2n) is 5.17. The standard InChI is InChI=1S/C14H22F3NS/c1-9(6-5-7-14(15,16)17)18-11(3)13-8-10(2)19-12(13)4/h8-9,11,18H,5-7H2,1-4H3. The molecule has 19 heavy (non-hydrogen) atoms. The van der Waals surface area contributed by atoms with Gasteiger partial charge in [0.25, 0.3) is 0 Å². The van der Waals surface area contributed by atoms with Crippen LogP contribution in [0.2, 0.25) is 0 Å². The van der Waals surface area contributed by atoms with Crippen molar-refractivity contribution in [2.75, 3.05) is 0 Å². The van der Waals surface area contributed by atoms with E-state index in [1.54, 1.807) is 11.3 Å². The molecule has 1 aromatic heterocycles. The highest BCUT2D eigenvalue weighted by Crippen LogP contribution is 2.27. The SMILES string of the molecule is Cc1cc(C(C)NC(C)CCCC(F)(F)F)c(C)s1. The van der Waals surface area contributed by atoms with Crippen LogP contribution >= 0.6 is 11.3 Å². The van der Waals surface area contributed by atoms with Crippen LogP contribution in [0.5, 0.6) is 0 Å². The van der Waals surface area contributed by atoms with Gasteiger partial charge in [-0.2, -0.15) is 13.2 Å². The van der Waals surface area contributed by atoms with Crippen LogP contribution in [0.1, 0.15) is 54.5 Å². The molecule has 1 nitrogen and oxygen atoms in total. The molecule has 0 saturated heterocycles. The lowest BCUT2D eigenvalue weighted by atomic mass is 10.1. The van der Waals surface area contributed by atoms with Crippen molar-refractivity contribution >= 4 is 11.3 Å². The molecule has 0 aliphatic heterocycles. The van der Waals surface area contributed by atoms with Gasteiger partial charge >= 0.3 is 6.18 Å². The van der Waals surface area contributed by atoms with Crippen LogP contribution in [-0.2, 0) is 0 Å². The van der Waals surface area contributed by atoms with Crippen molar-refractivity contribution in [1.29, 1.82) is 0 Å². The monoisotopic (exact) mass is 293 g/mol. The van der Waals surface area contributed by atoms with Gasteiger partial charge < -0.3 is 5.32 Å². The first-order valence-corrected chi connectivity index (χ1v) is 7.40. The van der Waals surface area contributed by atoms with Crippen LogP contribution < -0.4 is 5.32 Å². The summed E-state index contributed by atoms with van der Waals surface area (Å²) in [5.41, 5.74) is 1.25. The Balaban J connectivity index is 2.40. The van der Waals surface area contributed by atoms with Crippen molar-refractivity contribution in [3.8, 4) is 0 Å². The van der Waals surface area contributed by atoms with E-state index < -0.39 is 12.6 Å². The Morgan fingerprint density at radius 1 is 1.26 bits per heavy atom. The molecular formula is C14H22F3NS. The average molecular weight is 293 g/mol. The zero-order valence-electron chi connectivity index (χ0n) is 11.9. The molecule has 0 aliphatic rings. The molecule has 0 amide bonds. The third-order valence-electron chi connectivity index (χ3n) is 3.18. The quantitative estimate of drug-likeness (QED) is 0.766. The summed E-state index contributed by atoms with van der Waals surface area (Å²) in [5.74, 6) is 0. The van der Waals surface area contributed by atoms with Gasteiger partial charge in [-0.25, -0.2) is 0 Å². The summed E-state index contributed by atoms with van der Waals surface area (Å²) < 4.78 is 36.2. The van der Waals surface area contributed by atoms with Crippen molar-refractivity contribution in [2.24, 2.45) is 0 Å². The molecule has 0 fully saturated rings. The number of hydrogen-bond donors (Lipinski definition) is 1. The highest BCUT2D eigenvalue weighted by molar-refractivity contribution is 7.12. The fraction of sp³-hybridized carbons (Fsp3) is 0.714. The van der Waals surface area contributed by atoms with Gasteiger partial charge in [0.15, 0.2) is 0 Å². The van der Waals surface area contributed by atoms with Gasteiger partial charge in [-0.3, -0.25) is 0 Å². The van der Waals surface area contributed by atoms with Crippen LogP contribution in [0.15, 0.2) is 6.07 Å². The predicted octanol–water partition coefficient (Wildman–Crippen LogP) is 5.14. The van der Waals surface area contributed by atoms with Gasteiger partial charge in [-0.1, -0.05) is 0 Å². The van der Waals surface area contributed by atoms with Crippen LogP contribution in [0, 0.1) is 13.8 Å². The Kier molecular flexibility index (Phi) is 5.86. The second kappa shape index (κ2) is 6.75. The molecule has 0 bridgehead atoms. The Labute approximate surface area is 117 Å². The molecule has 1 aromatic rings. The van der Waals surface area contributed by atoms with E-state index in [0.29, 0.717) is 6.42 Å². The highest BCUT2D eigenvalue weighted by Gasteiger charge is 2.26. The molecule has 0 radical (unpaired) electrons. The molecule has 110 valence electrons. The van der Waals surface area contributed by atoms with Gasteiger partial charge in [0.1, 0.15) is 0 Å². The lowest BCUT2D eigenvalue weighted by Gasteiger charge is -2.20. The molecule has 2 unspecified atom stereocenters. The predicted molar refractivity (Wildman–Crippen MR) is 74.7 cm³/mol. The smallest absolute Gasteiger partial charge is 0.308 e. The van der Waals surface area contributed by atoms with E-state index in [2.05, 4.69) is 32.2 Å². The zero-order chi connectivity index (χ0) is 14.6. The first-order valence-electron chi connectivity index (χ1n) is 6.59. The van der Waals surface area contributed by atoms with E-state index in [1.165, 1.54) is 15.3 Å². The fourth-order valence-corrected chi connectivity index (χ4v) is 3.31. The summed E-state index contributed by atoms with van der Waals surface area (Å²) in [7, 11) is 0. The summed E-state index contributed by atoms with van der Waals surface area (Å²) in [6.07, 6.45) is -3.99. The van der Waals surface area contributed by atoms with Crippen LogP contribution in [0.3, 0.4) is 0 Å². The minimum atomic E-state index is -4.04. The van der Waals surface area contributed by atoms with Crippen molar-refractivity contribution in [3.05, 3.63) is 21.4 Å². The number of halogens is 3. The minimum absolute atomic E-state index is 0.0944. The Bertz CT molecular complexity index is 398. The summed E-state index contributed by atoms with van der Waals surface area (Å²) in [5, 5.41) is 3.38. The van der Waals surface area contributed by atoms with E-state index in [0.717, 1.165) is 0 Å². The van der Waals surface area contributed by atoms with Gasteiger partial charge in [0.2, 0.25) is 0 Å². The number of alkyl halides is 3. The summed E-state index contributed by atoms with van der Waals surface area (Å²) >= 11 is 1.76. The van der Waals surface area contributed by atoms with E-state index in [9.17, 15) is 13.2 Å². The van der Waals surface area contributed by atoms with Gasteiger partial charge in [0, 0.05) is 28.3 Å². The van der Waals surface area contributed by atoms with Crippen molar-refractivity contribution in [1.82, 2.24) is 5.32 Å². The van der Waals surface area contributed by atoms with Gasteiger partial charge in [-0.15, -0.1) is 11.3 Å². The number of rotatable bonds is 6. The van der Waals surface area contributed by atoms with E-state index in [4.69, 9.17) is 0 Å². The lowest BCUT2D eigenvalue weighted by Crippen LogP contribution is -2.29. The van der Waals surface area contributed by atoms with Crippen LogP contribution in [0.4, 0.5) is 13.2 Å². The molecule has 5 heteroatoms. The zero-order valence-corrected chi connectivity index (χ0v) is 12.7. The van der Waals surface area contributed by atoms with Gasteiger partial charge in [-0.05, 0) is 52.2 Å². The average Bonchev–Trinajstić information content (AvgIpc) is 2.55. The number of thiophene rings is 1. The fourth-order valence-electron chi connectivity index (χ4n) is 2.29. The first-order chi connectivity index (χ1) is 8.69. The van der Waals surface area contributed by atoms with E-state index in [-0.39, 0.29) is 18.5 Å². The molecule has 1 heterocycles. The molecule has 0 aromatic carbocycles. The Hall–Kier alpha value is -0.550. The molecule has 1 rings (SSSR count). The first kappa shape index (κ1) is 16.5. The maximum Gasteiger partial charge on any atom is 0.389 e. The topological polar surface area (TPSA) is 12.0 Å². The summed E-state index contributed by atoms with van der Waals surface area (Å²) in [6, 6.07) is 2.43. The maximum atomic E-state index is 12.1. The largest absolute Gasteiger partial charge is 0.389 e. The minimum Gasteiger partial charge on any atom is -0.308 e. The van der Waals surface area contributed by atoms with E-state index >= 15 is 0 Å². The Morgan fingerprint density at radius 3 is 2.37 bits per heavy atom. The number of aryl methyl sites for hydroxylation is 2. The molecule has 0 aliphatic carbocycles. The molecular weight excluding hydrogens is 271 g/mol. The van der Waals surface area contributed by atoms with Crippen molar-refractivity contribution in [2.45, 2.75) is 65.2 Å². The Morgan fingerprint density at radius 2 is 1.89 bits per heavy atom. The second-order valence-corrected chi connectivity index (χ2v) is 6.63. The van der Waals surface area contributed by atoms with Crippen molar-refractivity contribution in [3.63, 3.8) is 0 Å². The van der Waals surface area contributed by atoms with Crippen molar-refractivity contribution < 1.29 is 13.2 Å². The summed E-state index contributed by atoms with van der Waals surface area (Å²) in [6.45, 7) is 8.16. The lowest BCUT2D eigenvalue weighted by molar-refractivity contribution is -0.135. The van der Waals surface area contributed by atoms with Crippen LogP contribution in [-0.4, -0.2) is 12.2 Å². The van der Waals surface area contributed by atoms with E-state index in [1.807, 2.05) is 6.92 Å². The third-order valence-corrected chi connectivity index (χ3v) is 4.16. The maximum absolute atomic E-state index is 12.1. The molecule has 2 atom stereocenters.